The molecule has 0 amide bonds. The zero-order valence-electron chi connectivity index (χ0n) is 10.5. The number of rotatable bonds is 2. The number of hydrogen-bond acceptors (Lipinski definition) is 2. The van der Waals surface area contributed by atoms with Crippen LogP contribution in [0, 0.1) is 0 Å². The van der Waals surface area contributed by atoms with E-state index < -0.39 is 11.7 Å². The fraction of sp³-hybridized carbons (Fsp3) is 0.538. The first-order chi connectivity index (χ1) is 8.93. The van der Waals surface area contributed by atoms with Crippen LogP contribution in [-0.4, -0.2) is 20.2 Å². The van der Waals surface area contributed by atoms with Crippen molar-refractivity contribution in [3.63, 3.8) is 0 Å². The van der Waals surface area contributed by atoms with Crippen molar-refractivity contribution < 1.29 is 17.9 Å². The van der Waals surface area contributed by atoms with Gasteiger partial charge in [-0.2, -0.15) is 13.2 Å². The van der Waals surface area contributed by atoms with Crippen LogP contribution in [0.2, 0.25) is 0 Å². The Morgan fingerprint density at radius 1 is 1.26 bits per heavy atom. The summed E-state index contributed by atoms with van der Waals surface area (Å²) >= 11 is 3.27. The number of benzene rings is 1. The van der Waals surface area contributed by atoms with Crippen molar-refractivity contribution in [1.82, 2.24) is 5.32 Å². The smallest absolute Gasteiger partial charge is 0.416 e. The molecule has 2 nitrogen and oxygen atoms in total. The highest BCUT2D eigenvalue weighted by Crippen LogP contribution is 2.42. The molecule has 0 radical (unpaired) electrons. The molecule has 0 aromatic heterocycles. The molecule has 0 unspecified atom stereocenters. The molecule has 1 N–H and O–H groups in total. The Balaban J connectivity index is 2.48. The van der Waals surface area contributed by atoms with E-state index in [1.165, 1.54) is 7.11 Å². The van der Waals surface area contributed by atoms with Gasteiger partial charge in [-0.15, -0.1) is 0 Å². The standard InChI is InChI=1S/C13H15BrF3NO/c1-19-12-7-10(13(15,16)17)9(6-11(12)14)8-2-4-18-5-3-8/h6-8,18H,2-5H2,1H3. The maximum absolute atomic E-state index is 13.2. The van der Waals surface area contributed by atoms with Crippen LogP contribution in [0.25, 0.3) is 0 Å². The molecular formula is C13H15BrF3NO. The Bertz CT molecular complexity index is 456. The van der Waals surface area contributed by atoms with Crippen LogP contribution in [0.5, 0.6) is 5.75 Å². The average Bonchev–Trinajstić information content (AvgIpc) is 2.38. The molecule has 0 aliphatic carbocycles. The lowest BCUT2D eigenvalue weighted by Crippen LogP contribution is -2.28. The van der Waals surface area contributed by atoms with Gasteiger partial charge in [0.25, 0.3) is 0 Å². The molecule has 1 saturated heterocycles. The van der Waals surface area contributed by atoms with E-state index in [-0.39, 0.29) is 11.7 Å². The minimum absolute atomic E-state index is 0.0555. The van der Waals surface area contributed by atoms with Crippen LogP contribution in [-0.2, 0) is 6.18 Å². The van der Waals surface area contributed by atoms with Crippen molar-refractivity contribution >= 4 is 15.9 Å². The molecule has 1 aromatic rings. The van der Waals surface area contributed by atoms with E-state index in [4.69, 9.17) is 4.74 Å². The van der Waals surface area contributed by atoms with E-state index in [2.05, 4.69) is 21.2 Å². The quantitative estimate of drug-likeness (QED) is 0.882. The molecule has 1 aliphatic rings. The number of hydrogen-bond donors (Lipinski definition) is 1. The third kappa shape index (κ3) is 3.23. The van der Waals surface area contributed by atoms with Gasteiger partial charge in [0.2, 0.25) is 0 Å². The van der Waals surface area contributed by atoms with Gasteiger partial charge < -0.3 is 10.1 Å². The van der Waals surface area contributed by atoms with Crippen molar-refractivity contribution in [2.75, 3.05) is 20.2 Å². The maximum atomic E-state index is 13.2. The second-order valence-corrected chi connectivity index (χ2v) is 5.45. The molecule has 1 aliphatic heterocycles. The van der Waals surface area contributed by atoms with E-state index in [9.17, 15) is 13.2 Å². The van der Waals surface area contributed by atoms with Crippen LogP contribution in [0.3, 0.4) is 0 Å². The molecule has 1 heterocycles. The lowest BCUT2D eigenvalue weighted by Gasteiger charge is -2.26. The van der Waals surface area contributed by atoms with Crippen molar-refractivity contribution in [1.29, 1.82) is 0 Å². The predicted molar refractivity (Wildman–Crippen MR) is 70.5 cm³/mol. The Hall–Kier alpha value is -0.750. The van der Waals surface area contributed by atoms with Gasteiger partial charge in [-0.05, 0) is 65.5 Å². The highest BCUT2D eigenvalue weighted by molar-refractivity contribution is 9.10. The number of halogens is 4. The molecular weight excluding hydrogens is 323 g/mol. The average molecular weight is 338 g/mol. The minimum atomic E-state index is -4.35. The Kier molecular flexibility index (Phi) is 4.40. The lowest BCUT2D eigenvalue weighted by molar-refractivity contribution is -0.138. The van der Waals surface area contributed by atoms with Crippen LogP contribution >= 0.6 is 15.9 Å². The Morgan fingerprint density at radius 2 is 1.89 bits per heavy atom. The van der Waals surface area contributed by atoms with E-state index in [1.54, 1.807) is 6.07 Å². The van der Waals surface area contributed by atoms with Gasteiger partial charge in [0.05, 0.1) is 17.1 Å². The predicted octanol–water partition coefficient (Wildman–Crippen LogP) is 3.94. The van der Waals surface area contributed by atoms with Crippen molar-refractivity contribution in [3.05, 3.63) is 27.7 Å². The van der Waals surface area contributed by atoms with E-state index in [1.807, 2.05) is 0 Å². The molecule has 1 fully saturated rings. The topological polar surface area (TPSA) is 21.3 Å². The zero-order valence-corrected chi connectivity index (χ0v) is 12.1. The van der Waals surface area contributed by atoms with Crippen LogP contribution in [0.1, 0.15) is 29.9 Å². The zero-order chi connectivity index (χ0) is 14.0. The summed E-state index contributed by atoms with van der Waals surface area (Å²) in [6.45, 7) is 1.51. The van der Waals surface area contributed by atoms with Gasteiger partial charge in [0.15, 0.2) is 0 Å². The summed E-state index contributed by atoms with van der Waals surface area (Å²) in [7, 11) is 1.37. The summed E-state index contributed by atoms with van der Waals surface area (Å²) < 4.78 is 45.0. The molecule has 19 heavy (non-hydrogen) atoms. The summed E-state index contributed by atoms with van der Waals surface area (Å²) in [5.41, 5.74) is -0.221. The van der Waals surface area contributed by atoms with E-state index >= 15 is 0 Å². The summed E-state index contributed by atoms with van der Waals surface area (Å²) in [6.07, 6.45) is -2.90. The SMILES string of the molecule is COc1cc(C(F)(F)F)c(C2CCNCC2)cc1Br. The van der Waals surface area contributed by atoms with Gasteiger partial charge >= 0.3 is 6.18 Å². The summed E-state index contributed by atoms with van der Waals surface area (Å²) in [6, 6.07) is 2.64. The van der Waals surface area contributed by atoms with E-state index in [0.29, 0.717) is 10.0 Å². The fourth-order valence-corrected chi connectivity index (χ4v) is 2.96. The fourth-order valence-electron chi connectivity index (χ4n) is 2.44. The second-order valence-electron chi connectivity index (χ2n) is 4.60. The minimum Gasteiger partial charge on any atom is -0.496 e. The largest absolute Gasteiger partial charge is 0.496 e. The van der Waals surface area contributed by atoms with Gasteiger partial charge in [0.1, 0.15) is 5.75 Å². The monoisotopic (exact) mass is 337 g/mol. The molecule has 1 aromatic carbocycles. The lowest BCUT2D eigenvalue weighted by atomic mass is 9.87. The first-order valence-corrected chi connectivity index (χ1v) is 6.88. The van der Waals surface area contributed by atoms with Crippen LogP contribution in [0.4, 0.5) is 13.2 Å². The Morgan fingerprint density at radius 3 is 2.42 bits per heavy atom. The summed E-state index contributed by atoms with van der Waals surface area (Å²) in [5.74, 6) is 0.157. The number of piperidine rings is 1. The molecule has 0 spiro atoms. The van der Waals surface area contributed by atoms with Gasteiger partial charge in [-0.1, -0.05) is 0 Å². The highest BCUT2D eigenvalue weighted by Gasteiger charge is 2.36. The molecule has 106 valence electrons. The molecule has 0 saturated carbocycles. The summed E-state index contributed by atoms with van der Waals surface area (Å²) in [4.78, 5) is 0. The van der Waals surface area contributed by atoms with Gasteiger partial charge in [-0.3, -0.25) is 0 Å². The van der Waals surface area contributed by atoms with Crippen molar-refractivity contribution in [3.8, 4) is 5.75 Å². The summed E-state index contributed by atoms with van der Waals surface area (Å²) in [5, 5.41) is 3.16. The normalized spacial score (nSPS) is 17.5. The number of nitrogens with one attached hydrogen (secondary N) is 1. The molecule has 0 atom stereocenters. The maximum Gasteiger partial charge on any atom is 0.416 e. The Labute approximate surface area is 118 Å². The van der Waals surface area contributed by atoms with Crippen LogP contribution in [0.15, 0.2) is 16.6 Å². The van der Waals surface area contributed by atoms with Crippen molar-refractivity contribution in [2.45, 2.75) is 24.9 Å². The number of alkyl halides is 3. The van der Waals surface area contributed by atoms with Gasteiger partial charge in [-0.25, -0.2) is 0 Å². The first kappa shape index (κ1) is 14.7. The second kappa shape index (κ2) is 5.71. The van der Waals surface area contributed by atoms with Gasteiger partial charge in [0, 0.05) is 0 Å². The third-order valence-electron chi connectivity index (χ3n) is 3.41. The van der Waals surface area contributed by atoms with E-state index in [0.717, 1.165) is 32.0 Å². The van der Waals surface area contributed by atoms with Crippen LogP contribution < -0.4 is 10.1 Å². The number of methoxy groups -OCH3 is 1. The first-order valence-electron chi connectivity index (χ1n) is 6.09. The highest BCUT2D eigenvalue weighted by atomic mass is 79.9. The molecule has 0 bridgehead atoms. The number of ether oxygens (including phenoxy) is 1. The van der Waals surface area contributed by atoms with Crippen molar-refractivity contribution in [2.24, 2.45) is 0 Å². The molecule has 6 heteroatoms. The molecule has 2 rings (SSSR count). The third-order valence-corrected chi connectivity index (χ3v) is 4.03.